The van der Waals surface area contributed by atoms with Gasteiger partial charge in [0.2, 0.25) is 0 Å². The predicted octanol–water partition coefficient (Wildman–Crippen LogP) is 2.91. The molecule has 2 heterocycles. The molecule has 0 aliphatic rings. The Labute approximate surface area is 145 Å². The summed E-state index contributed by atoms with van der Waals surface area (Å²) in [5, 5.41) is 3.04. The second kappa shape index (κ2) is 6.36. The summed E-state index contributed by atoms with van der Waals surface area (Å²) in [6.45, 7) is 2.05. The first kappa shape index (κ1) is 15.3. The molecule has 124 valence electrons. The van der Waals surface area contributed by atoms with Crippen molar-refractivity contribution in [3.63, 3.8) is 0 Å². The third-order valence-electron chi connectivity index (χ3n) is 4.15. The zero-order chi connectivity index (χ0) is 17.2. The smallest absolute Gasteiger partial charge is 0.274 e. The second-order valence-corrected chi connectivity index (χ2v) is 6.22. The van der Waals surface area contributed by atoms with Crippen LogP contribution < -0.4 is 5.56 Å². The topological polar surface area (TPSA) is 63.0 Å². The van der Waals surface area contributed by atoms with Crippen LogP contribution in [0.25, 0.3) is 5.78 Å². The van der Waals surface area contributed by atoms with E-state index in [0.717, 1.165) is 22.6 Å². The molecule has 0 aliphatic heterocycles. The summed E-state index contributed by atoms with van der Waals surface area (Å²) in [6, 6.07) is 19.8. The number of nitrogens with one attached hydrogen (secondary N) is 1. The van der Waals surface area contributed by atoms with Crippen LogP contribution in [0.4, 0.5) is 0 Å². The molecular weight excluding hydrogens is 312 g/mol. The summed E-state index contributed by atoms with van der Waals surface area (Å²) in [6.07, 6.45) is 1.25. The molecule has 5 heteroatoms. The third-order valence-corrected chi connectivity index (χ3v) is 4.15. The Hall–Kier alpha value is -3.21. The zero-order valence-corrected chi connectivity index (χ0v) is 13.9. The fourth-order valence-electron chi connectivity index (χ4n) is 2.85. The van der Waals surface area contributed by atoms with Crippen molar-refractivity contribution < 1.29 is 0 Å². The normalized spacial score (nSPS) is 11.1. The standard InChI is InChI=1S/C20H18N4O/c1-14-7-9-16(10-8-14)11-17-13-19(25)24-20(21-17)22-18(23-24)12-15-5-3-2-4-6-15/h2-10,13H,11-12H2,1H3,(H,21,22,23). The molecule has 0 bridgehead atoms. The lowest BCUT2D eigenvalue weighted by molar-refractivity contribution is 0.852. The van der Waals surface area contributed by atoms with Gasteiger partial charge in [0.05, 0.1) is 5.69 Å². The Morgan fingerprint density at radius 1 is 0.920 bits per heavy atom. The number of hydrogen-bond donors (Lipinski definition) is 1. The van der Waals surface area contributed by atoms with E-state index in [1.165, 1.54) is 10.1 Å². The lowest BCUT2D eigenvalue weighted by Gasteiger charge is -2.01. The van der Waals surface area contributed by atoms with Crippen LogP contribution in [0.3, 0.4) is 0 Å². The van der Waals surface area contributed by atoms with Crippen molar-refractivity contribution in [2.75, 3.05) is 0 Å². The van der Waals surface area contributed by atoms with Crippen LogP contribution in [0.15, 0.2) is 65.5 Å². The van der Waals surface area contributed by atoms with Gasteiger partial charge >= 0.3 is 0 Å². The van der Waals surface area contributed by atoms with E-state index >= 15 is 0 Å². The number of hydrogen-bond acceptors (Lipinski definition) is 3. The maximum Gasteiger partial charge on any atom is 0.274 e. The number of rotatable bonds is 4. The molecule has 0 spiro atoms. The van der Waals surface area contributed by atoms with Gasteiger partial charge in [-0.25, -0.2) is 4.98 Å². The molecule has 0 aliphatic carbocycles. The van der Waals surface area contributed by atoms with E-state index in [0.29, 0.717) is 18.6 Å². The van der Waals surface area contributed by atoms with Crippen LogP contribution in [-0.4, -0.2) is 19.6 Å². The van der Waals surface area contributed by atoms with Gasteiger partial charge < -0.3 is 0 Å². The van der Waals surface area contributed by atoms with Crippen molar-refractivity contribution >= 4 is 5.78 Å². The molecule has 2 aromatic carbocycles. The molecule has 1 N–H and O–H groups in total. The van der Waals surface area contributed by atoms with Gasteiger partial charge in [0, 0.05) is 18.9 Å². The highest BCUT2D eigenvalue weighted by Crippen LogP contribution is 2.10. The SMILES string of the molecule is Cc1ccc(Cc2cc(=O)n3[nH]c(Cc4ccccc4)nc3n2)cc1. The highest BCUT2D eigenvalue weighted by atomic mass is 16.1. The number of H-pyrrole nitrogens is 1. The highest BCUT2D eigenvalue weighted by Gasteiger charge is 2.09. The zero-order valence-electron chi connectivity index (χ0n) is 13.9. The van der Waals surface area contributed by atoms with Crippen LogP contribution in [0, 0.1) is 6.92 Å². The average molecular weight is 330 g/mol. The molecule has 5 nitrogen and oxygen atoms in total. The molecule has 4 aromatic rings. The number of aromatic nitrogens is 4. The number of fused-ring (bicyclic) bond motifs is 1. The van der Waals surface area contributed by atoms with Gasteiger partial charge in [-0.15, -0.1) is 0 Å². The average Bonchev–Trinajstić information content (AvgIpc) is 3.01. The number of aromatic amines is 1. The number of aryl methyl sites for hydroxylation is 1. The monoisotopic (exact) mass is 330 g/mol. The molecule has 4 rings (SSSR count). The Balaban J connectivity index is 1.65. The van der Waals surface area contributed by atoms with Gasteiger partial charge in [-0.05, 0) is 18.1 Å². The molecule has 0 atom stereocenters. The van der Waals surface area contributed by atoms with Crippen LogP contribution in [0.1, 0.15) is 28.2 Å². The van der Waals surface area contributed by atoms with Gasteiger partial charge in [0.15, 0.2) is 0 Å². The molecule has 0 radical (unpaired) electrons. The van der Waals surface area contributed by atoms with Gasteiger partial charge in [0.1, 0.15) is 5.82 Å². The lowest BCUT2D eigenvalue weighted by atomic mass is 10.1. The quantitative estimate of drug-likeness (QED) is 0.626. The van der Waals surface area contributed by atoms with Crippen molar-refractivity contribution in [3.8, 4) is 0 Å². The van der Waals surface area contributed by atoms with Gasteiger partial charge in [-0.3, -0.25) is 9.89 Å². The van der Waals surface area contributed by atoms with E-state index in [1.54, 1.807) is 6.07 Å². The molecule has 25 heavy (non-hydrogen) atoms. The van der Waals surface area contributed by atoms with E-state index in [9.17, 15) is 4.79 Å². The minimum atomic E-state index is -0.140. The first-order valence-corrected chi connectivity index (χ1v) is 8.24. The van der Waals surface area contributed by atoms with Crippen molar-refractivity contribution in [2.24, 2.45) is 0 Å². The van der Waals surface area contributed by atoms with Crippen molar-refractivity contribution in [3.05, 3.63) is 99.2 Å². The van der Waals surface area contributed by atoms with Crippen LogP contribution >= 0.6 is 0 Å². The molecular formula is C20H18N4O. The summed E-state index contributed by atoms with van der Waals surface area (Å²) < 4.78 is 1.40. The van der Waals surface area contributed by atoms with E-state index < -0.39 is 0 Å². The fraction of sp³-hybridized carbons (Fsp3) is 0.150. The summed E-state index contributed by atoms with van der Waals surface area (Å²) >= 11 is 0. The predicted molar refractivity (Wildman–Crippen MR) is 96.8 cm³/mol. The van der Waals surface area contributed by atoms with E-state index in [1.807, 2.05) is 30.3 Å². The molecule has 0 amide bonds. The van der Waals surface area contributed by atoms with Gasteiger partial charge in [-0.1, -0.05) is 60.2 Å². The van der Waals surface area contributed by atoms with E-state index in [2.05, 4.69) is 46.3 Å². The van der Waals surface area contributed by atoms with Crippen molar-refractivity contribution in [2.45, 2.75) is 19.8 Å². The summed E-state index contributed by atoms with van der Waals surface area (Å²) in [4.78, 5) is 21.4. The number of nitrogens with zero attached hydrogens (tertiary/aromatic N) is 3. The maximum absolute atomic E-state index is 12.4. The van der Waals surface area contributed by atoms with Gasteiger partial charge in [-0.2, -0.15) is 9.50 Å². The lowest BCUT2D eigenvalue weighted by Crippen LogP contribution is -2.16. The van der Waals surface area contributed by atoms with Crippen molar-refractivity contribution in [1.29, 1.82) is 0 Å². The first-order valence-electron chi connectivity index (χ1n) is 8.24. The minimum Gasteiger partial charge on any atom is -0.275 e. The fourth-order valence-corrected chi connectivity index (χ4v) is 2.85. The van der Waals surface area contributed by atoms with Gasteiger partial charge in [0.25, 0.3) is 11.3 Å². The van der Waals surface area contributed by atoms with Crippen molar-refractivity contribution in [1.82, 2.24) is 19.6 Å². The maximum atomic E-state index is 12.4. The minimum absolute atomic E-state index is 0.140. The van der Waals surface area contributed by atoms with Crippen LogP contribution in [0.5, 0.6) is 0 Å². The largest absolute Gasteiger partial charge is 0.275 e. The summed E-state index contributed by atoms with van der Waals surface area (Å²) in [5.41, 5.74) is 4.06. The Bertz CT molecular complexity index is 1060. The summed E-state index contributed by atoms with van der Waals surface area (Å²) in [5.74, 6) is 1.14. The van der Waals surface area contributed by atoms with Crippen LogP contribution in [-0.2, 0) is 12.8 Å². The Kier molecular flexibility index (Phi) is 3.90. The molecule has 2 aromatic heterocycles. The summed E-state index contributed by atoms with van der Waals surface area (Å²) in [7, 11) is 0. The third kappa shape index (κ3) is 3.35. The second-order valence-electron chi connectivity index (χ2n) is 6.22. The van der Waals surface area contributed by atoms with Crippen LogP contribution in [0.2, 0.25) is 0 Å². The van der Waals surface area contributed by atoms with E-state index in [-0.39, 0.29) is 5.56 Å². The molecule has 0 unspecified atom stereocenters. The van der Waals surface area contributed by atoms with E-state index in [4.69, 9.17) is 0 Å². The Morgan fingerprint density at radius 2 is 1.64 bits per heavy atom. The Morgan fingerprint density at radius 3 is 2.40 bits per heavy atom. The first-order chi connectivity index (χ1) is 12.2. The molecule has 0 fully saturated rings. The highest BCUT2D eigenvalue weighted by molar-refractivity contribution is 5.32. The number of benzene rings is 2. The molecule has 0 saturated heterocycles. The molecule has 0 saturated carbocycles.